The van der Waals surface area contributed by atoms with Crippen molar-refractivity contribution in [1.29, 1.82) is 0 Å². The zero-order chi connectivity index (χ0) is 11.8. The predicted molar refractivity (Wildman–Crippen MR) is 64.1 cm³/mol. The Labute approximate surface area is 105 Å². The average molecular weight is 255 g/mol. The van der Waals surface area contributed by atoms with Gasteiger partial charge in [-0.15, -0.1) is 0 Å². The molecule has 0 aliphatic carbocycles. The molecule has 1 N–H and O–H groups in total. The summed E-state index contributed by atoms with van der Waals surface area (Å²) >= 11 is 5.70. The van der Waals surface area contributed by atoms with E-state index in [-0.39, 0.29) is 11.1 Å². The maximum absolute atomic E-state index is 12.3. The Morgan fingerprint density at radius 2 is 2.35 bits per heavy atom. The van der Waals surface area contributed by atoms with Gasteiger partial charge in [0.05, 0.1) is 0 Å². The lowest BCUT2D eigenvalue weighted by Gasteiger charge is -2.31. The number of halogens is 1. The van der Waals surface area contributed by atoms with Gasteiger partial charge in [-0.3, -0.25) is 4.79 Å². The van der Waals surface area contributed by atoms with E-state index in [9.17, 15) is 4.79 Å². The molecule has 17 heavy (non-hydrogen) atoms. The lowest BCUT2D eigenvalue weighted by atomic mass is 9.94. The van der Waals surface area contributed by atoms with Gasteiger partial charge < -0.3 is 14.6 Å². The van der Waals surface area contributed by atoms with Gasteiger partial charge in [0.25, 0.3) is 5.91 Å². The third-order valence-electron chi connectivity index (χ3n) is 3.75. The van der Waals surface area contributed by atoms with Crippen LogP contribution in [0, 0.1) is 5.92 Å². The van der Waals surface area contributed by atoms with E-state index >= 15 is 0 Å². The molecule has 2 aliphatic heterocycles. The number of hydrogen-bond donors (Lipinski definition) is 1. The van der Waals surface area contributed by atoms with Gasteiger partial charge in [0.1, 0.15) is 0 Å². The van der Waals surface area contributed by atoms with Crippen LogP contribution in [0.1, 0.15) is 23.4 Å². The third kappa shape index (κ3) is 1.96. The molecule has 0 aromatic carbocycles. The first kappa shape index (κ1) is 11.1. The minimum atomic E-state index is -0.0219. The maximum Gasteiger partial charge on any atom is 0.289 e. The van der Waals surface area contributed by atoms with E-state index in [1.165, 1.54) is 0 Å². The van der Waals surface area contributed by atoms with Crippen molar-refractivity contribution in [3.05, 3.63) is 23.1 Å². The van der Waals surface area contributed by atoms with E-state index in [0.717, 1.165) is 32.5 Å². The van der Waals surface area contributed by atoms with Crippen molar-refractivity contribution in [1.82, 2.24) is 10.2 Å². The Morgan fingerprint density at radius 3 is 3.12 bits per heavy atom. The molecular weight excluding hydrogens is 240 g/mol. The van der Waals surface area contributed by atoms with Crippen LogP contribution in [0.5, 0.6) is 0 Å². The van der Waals surface area contributed by atoms with Crippen molar-refractivity contribution in [2.75, 3.05) is 19.6 Å². The molecule has 3 rings (SSSR count). The molecule has 3 heterocycles. The van der Waals surface area contributed by atoms with Crippen LogP contribution in [0.4, 0.5) is 0 Å². The number of carbonyl (C=O) groups is 1. The third-order valence-corrected chi connectivity index (χ3v) is 3.96. The molecule has 0 bridgehead atoms. The first-order valence-corrected chi connectivity index (χ1v) is 6.40. The fourth-order valence-electron chi connectivity index (χ4n) is 2.91. The van der Waals surface area contributed by atoms with Crippen molar-refractivity contribution < 1.29 is 9.21 Å². The van der Waals surface area contributed by atoms with Crippen LogP contribution in [0.3, 0.4) is 0 Å². The molecule has 0 radical (unpaired) electrons. The molecule has 2 atom stereocenters. The Morgan fingerprint density at radius 1 is 1.47 bits per heavy atom. The molecule has 2 unspecified atom stereocenters. The van der Waals surface area contributed by atoms with Gasteiger partial charge in [0.2, 0.25) is 0 Å². The van der Waals surface area contributed by atoms with Crippen LogP contribution in [0.2, 0.25) is 5.22 Å². The summed E-state index contributed by atoms with van der Waals surface area (Å²) in [5, 5.41) is 3.65. The molecule has 0 spiro atoms. The van der Waals surface area contributed by atoms with Gasteiger partial charge in [0, 0.05) is 12.6 Å². The zero-order valence-corrected chi connectivity index (χ0v) is 10.2. The van der Waals surface area contributed by atoms with Crippen LogP contribution in [0.25, 0.3) is 0 Å². The van der Waals surface area contributed by atoms with E-state index in [1.807, 2.05) is 4.90 Å². The van der Waals surface area contributed by atoms with Gasteiger partial charge in [-0.1, -0.05) is 0 Å². The smallest absolute Gasteiger partial charge is 0.289 e. The first-order valence-electron chi connectivity index (χ1n) is 6.03. The second-order valence-electron chi connectivity index (χ2n) is 4.71. The van der Waals surface area contributed by atoms with Gasteiger partial charge in [-0.2, -0.15) is 0 Å². The monoisotopic (exact) mass is 254 g/mol. The van der Waals surface area contributed by atoms with Crippen LogP contribution in [0.15, 0.2) is 16.5 Å². The van der Waals surface area contributed by atoms with E-state index in [1.54, 1.807) is 12.1 Å². The Balaban J connectivity index is 1.78. The summed E-state index contributed by atoms with van der Waals surface area (Å²) in [5.74, 6) is 0.929. The van der Waals surface area contributed by atoms with Crippen LogP contribution in [-0.2, 0) is 0 Å². The molecule has 4 nitrogen and oxygen atoms in total. The first-order chi connectivity index (χ1) is 8.25. The summed E-state index contributed by atoms with van der Waals surface area (Å²) in [4.78, 5) is 14.2. The van der Waals surface area contributed by atoms with Crippen molar-refractivity contribution >= 4 is 17.5 Å². The fraction of sp³-hybridized carbons (Fsp3) is 0.583. The molecule has 5 heteroatoms. The van der Waals surface area contributed by atoms with Crippen LogP contribution < -0.4 is 5.32 Å². The molecule has 2 saturated heterocycles. The van der Waals surface area contributed by atoms with Crippen molar-refractivity contribution in [2.45, 2.75) is 18.9 Å². The highest BCUT2D eigenvalue weighted by molar-refractivity contribution is 6.29. The summed E-state index contributed by atoms with van der Waals surface area (Å²) in [6.45, 7) is 2.84. The number of likely N-dealkylation sites (tertiary alicyclic amines) is 1. The number of fused-ring (bicyclic) bond motifs is 1. The zero-order valence-electron chi connectivity index (χ0n) is 9.49. The van der Waals surface area contributed by atoms with Crippen molar-refractivity contribution in [3.8, 4) is 0 Å². The van der Waals surface area contributed by atoms with Crippen molar-refractivity contribution in [2.24, 2.45) is 5.92 Å². The number of hydrogen-bond acceptors (Lipinski definition) is 3. The summed E-state index contributed by atoms with van der Waals surface area (Å²) in [6.07, 6.45) is 2.11. The normalized spacial score (nSPS) is 28.2. The van der Waals surface area contributed by atoms with Gasteiger partial charge in [-0.05, 0) is 55.6 Å². The average Bonchev–Trinajstić information content (AvgIpc) is 2.94. The SMILES string of the molecule is O=C(c1ccc(Cl)o1)N1CCC2CNCCC21. The number of nitrogens with one attached hydrogen (secondary N) is 1. The number of furan rings is 1. The molecule has 0 saturated carbocycles. The second kappa shape index (κ2) is 4.35. The number of nitrogens with zero attached hydrogens (tertiary/aromatic N) is 1. The van der Waals surface area contributed by atoms with E-state index in [0.29, 0.717) is 17.7 Å². The minimum absolute atomic E-state index is 0.0219. The Bertz CT molecular complexity index is 432. The van der Waals surface area contributed by atoms with Crippen molar-refractivity contribution in [3.63, 3.8) is 0 Å². The summed E-state index contributed by atoms with van der Waals surface area (Å²) in [5.41, 5.74) is 0. The largest absolute Gasteiger partial charge is 0.440 e. The highest BCUT2D eigenvalue weighted by Gasteiger charge is 2.39. The minimum Gasteiger partial charge on any atom is -0.440 e. The summed E-state index contributed by atoms with van der Waals surface area (Å²) in [6, 6.07) is 3.64. The number of carbonyl (C=O) groups excluding carboxylic acids is 1. The van der Waals surface area contributed by atoms with Crippen LogP contribution >= 0.6 is 11.6 Å². The highest BCUT2D eigenvalue weighted by Crippen LogP contribution is 2.30. The topological polar surface area (TPSA) is 45.5 Å². The van der Waals surface area contributed by atoms with Gasteiger partial charge in [-0.25, -0.2) is 0 Å². The molecule has 1 aromatic heterocycles. The summed E-state index contributed by atoms with van der Waals surface area (Å²) < 4.78 is 5.20. The standard InChI is InChI=1S/C12H15ClN2O2/c13-11-2-1-10(17-11)12(16)15-6-4-8-7-14-5-3-9(8)15/h1-2,8-9,14H,3-7H2. The number of piperidine rings is 1. The van der Waals surface area contributed by atoms with Crippen LogP contribution in [-0.4, -0.2) is 36.5 Å². The lowest BCUT2D eigenvalue weighted by molar-refractivity contribution is 0.0665. The molecular formula is C12H15ClN2O2. The Hall–Kier alpha value is -1.00. The van der Waals surface area contributed by atoms with Gasteiger partial charge >= 0.3 is 0 Å². The molecule has 1 amide bonds. The maximum atomic E-state index is 12.3. The van der Waals surface area contributed by atoms with Gasteiger partial charge in [0.15, 0.2) is 11.0 Å². The summed E-state index contributed by atoms with van der Waals surface area (Å²) in [7, 11) is 0. The quantitative estimate of drug-likeness (QED) is 0.831. The molecule has 2 fully saturated rings. The number of amides is 1. The van der Waals surface area contributed by atoms with E-state index < -0.39 is 0 Å². The second-order valence-corrected chi connectivity index (χ2v) is 5.08. The highest BCUT2D eigenvalue weighted by atomic mass is 35.5. The Kier molecular flexibility index (Phi) is 2.84. The number of rotatable bonds is 1. The fourth-order valence-corrected chi connectivity index (χ4v) is 3.05. The van der Waals surface area contributed by atoms with E-state index in [2.05, 4.69) is 5.32 Å². The molecule has 1 aromatic rings. The molecule has 2 aliphatic rings. The molecule has 92 valence electrons. The van der Waals surface area contributed by atoms with E-state index in [4.69, 9.17) is 16.0 Å². The lowest BCUT2D eigenvalue weighted by Crippen LogP contribution is -2.45. The predicted octanol–water partition coefficient (Wildman–Crippen LogP) is 1.76.